The lowest BCUT2D eigenvalue weighted by Gasteiger charge is -2.34. The van der Waals surface area contributed by atoms with Crippen molar-refractivity contribution in [3.05, 3.63) is 28.8 Å². The number of nitrogens with zero attached hydrogens (tertiary/aromatic N) is 1. The monoisotopic (exact) mass is 300 g/mol. The van der Waals surface area contributed by atoms with Crippen LogP contribution in [-0.2, 0) is 15.4 Å². The lowest BCUT2D eigenvalue weighted by molar-refractivity contribution is 0.330. The van der Waals surface area contributed by atoms with Gasteiger partial charge >= 0.3 is 0 Å². The molecule has 0 bridgehead atoms. The second kappa shape index (κ2) is 4.36. The maximum Gasteiger partial charge on any atom is 0.232 e. The van der Waals surface area contributed by atoms with E-state index in [9.17, 15) is 8.42 Å². The normalized spacial score (nSPS) is 21.7. The topological polar surface area (TPSA) is 49.4 Å². The minimum absolute atomic E-state index is 0.0748. The molecule has 0 saturated carbocycles. The van der Waals surface area contributed by atoms with Gasteiger partial charge in [0.25, 0.3) is 0 Å². The number of rotatable bonds is 1. The van der Waals surface area contributed by atoms with Crippen LogP contribution in [0.5, 0.6) is 0 Å². The standard InChI is InChI=1S/C13H17ClN2O2S/c1-19(17,18)16-9-13(4-6-15-7-5-13)11-8-10(14)2-3-12(11)16/h2-3,8,15H,4-7,9H2,1H3. The molecular formula is C13H17ClN2O2S. The molecule has 0 aliphatic carbocycles. The highest BCUT2D eigenvalue weighted by molar-refractivity contribution is 7.92. The molecule has 2 aliphatic rings. The van der Waals surface area contributed by atoms with Crippen molar-refractivity contribution < 1.29 is 8.42 Å². The van der Waals surface area contributed by atoms with E-state index in [1.807, 2.05) is 12.1 Å². The van der Waals surface area contributed by atoms with Gasteiger partial charge in [-0.2, -0.15) is 0 Å². The molecule has 19 heavy (non-hydrogen) atoms. The highest BCUT2D eigenvalue weighted by atomic mass is 35.5. The molecular weight excluding hydrogens is 284 g/mol. The zero-order valence-electron chi connectivity index (χ0n) is 10.8. The van der Waals surface area contributed by atoms with Crippen molar-refractivity contribution in [3.8, 4) is 0 Å². The SMILES string of the molecule is CS(=O)(=O)N1CC2(CCNCC2)c2cc(Cl)ccc21. The van der Waals surface area contributed by atoms with E-state index in [0.717, 1.165) is 37.2 Å². The van der Waals surface area contributed by atoms with Crippen LogP contribution in [0.3, 0.4) is 0 Å². The van der Waals surface area contributed by atoms with Crippen molar-refractivity contribution in [2.24, 2.45) is 0 Å². The number of hydrogen-bond donors (Lipinski definition) is 1. The molecule has 1 spiro atoms. The van der Waals surface area contributed by atoms with Gasteiger partial charge in [0, 0.05) is 17.0 Å². The van der Waals surface area contributed by atoms with Crippen molar-refractivity contribution in [2.75, 3.05) is 30.2 Å². The van der Waals surface area contributed by atoms with Crippen LogP contribution >= 0.6 is 11.6 Å². The molecule has 6 heteroatoms. The predicted octanol–water partition coefficient (Wildman–Crippen LogP) is 1.74. The zero-order valence-corrected chi connectivity index (χ0v) is 12.4. The molecule has 0 aromatic heterocycles. The molecule has 0 unspecified atom stereocenters. The summed E-state index contributed by atoms with van der Waals surface area (Å²) in [4.78, 5) is 0. The third-order valence-electron chi connectivity index (χ3n) is 4.21. The van der Waals surface area contributed by atoms with Crippen LogP contribution in [0.4, 0.5) is 5.69 Å². The fraction of sp³-hybridized carbons (Fsp3) is 0.538. The van der Waals surface area contributed by atoms with Gasteiger partial charge in [0.05, 0.1) is 11.9 Å². The van der Waals surface area contributed by atoms with E-state index in [4.69, 9.17) is 11.6 Å². The van der Waals surface area contributed by atoms with Crippen molar-refractivity contribution in [2.45, 2.75) is 18.3 Å². The maximum absolute atomic E-state index is 12.0. The summed E-state index contributed by atoms with van der Waals surface area (Å²) >= 11 is 6.10. The molecule has 2 heterocycles. The van der Waals surface area contributed by atoms with Crippen LogP contribution in [0, 0.1) is 0 Å². The lowest BCUT2D eigenvalue weighted by Crippen LogP contribution is -2.44. The summed E-state index contributed by atoms with van der Waals surface area (Å²) in [5.74, 6) is 0. The first-order chi connectivity index (χ1) is 8.92. The van der Waals surface area contributed by atoms with E-state index in [1.54, 1.807) is 6.07 Å². The first kappa shape index (κ1) is 13.2. The first-order valence-corrected chi connectivity index (χ1v) is 8.64. The Kier molecular flexibility index (Phi) is 3.04. The molecule has 104 valence electrons. The minimum atomic E-state index is -3.23. The van der Waals surface area contributed by atoms with Gasteiger partial charge in [0.2, 0.25) is 10.0 Å². The number of piperidine rings is 1. The molecule has 0 radical (unpaired) electrons. The van der Waals surface area contributed by atoms with Gasteiger partial charge in [-0.3, -0.25) is 4.31 Å². The number of anilines is 1. The Bertz CT molecular complexity index is 609. The van der Waals surface area contributed by atoms with Gasteiger partial charge in [-0.05, 0) is 49.7 Å². The first-order valence-electron chi connectivity index (χ1n) is 6.41. The van der Waals surface area contributed by atoms with Gasteiger partial charge in [0.1, 0.15) is 0 Å². The number of benzene rings is 1. The average molecular weight is 301 g/mol. The molecule has 0 atom stereocenters. The summed E-state index contributed by atoms with van der Waals surface area (Å²) in [6.45, 7) is 2.39. The summed E-state index contributed by atoms with van der Waals surface area (Å²) in [5.41, 5.74) is 1.81. The molecule has 1 N–H and O–H groups in total. The number of hydrogen-bond acceptors (Lipinski definition) is 3. The smallest absolute Gasteiger partial charge is 0.232 e. The van der Waals surface area contributed by atoms with E-state index in [-0.39, 0.29) is 5.41 Å². The Labute approximate surface area is 118 Å². The number of nitrogens with one attached hydrogen (secondary N) is 1. The lowest BCUT2D eigenvalue weighted by atomic mass is 9.75. The number of sulfonamides is 1. The van der Waals surface area contributed by atoms with E-state index in [0.29, 0.717) is 11.6 Å². The largest absolute Gasteiger partial charge is 0.317 e. The van der Waals surface area contributed by atoms with Crippen molar-refractivity contribution in [1.82, 2.24) is 5.32 Å². The summed E-state index contributed by atoms with van der Waals surface area (Å²) in [7, 11) is -3.23. The summed E-state index contributed by atoms with van der Waals surface area (Å²) in [5, 5.41) is 4.01. The summed E-state index contributed by atoms with van der Waals surface area (Å²) in [6, 6.07) is 5.53. The second-order valence-corrected chi connectivity index (χ2v) is 7.80. The summed E-state index contributed by atoms with van der Waals surface area (Å²) in [6.07, 6.45) is 3.17. The van der Waals surface area contributed by atoms with Crippen LogP contribution in [-0.4, -0.2) is 34.3 Å². The Morgan fingerprint density at radius 1 is 1.32 bits per heavy atom. The molecule has 4 nitrogen and oxygen atoms in total. The third kappa shape index (κ3) is 2.14. The Hall–Kier alpha value is -0.780. The minimum Gasteiger partial charge on any atom is -0.317 e. The second-order valence-electron chi connectivity index (χ2n) is 5.46. The van der Waals surface area contributed by atoms with Crippen LogP contribution < -0.4 is 9.62 Å². The Morgan fingerprint density at radius 2 is 2.00 bits per heavy atom. The zero-order chi connectivity index (χ0) is 13.7. The van der Waals surface area contributed by atoms with Crippen LogP contribution in [0.15, 0.2) is 18.2 Å². The van der Waals surface area contributed by atoms with Gasteiger partial charge in [-0.25, -0.2) is 8.42 Å². The van der Waals surface area contributed by atoms with Crippen LogP contribution in [0.2, 0.25) is 5.02 Å². The van der Waals surface area contributed by atoms with Crippen molar-refractivity contribution in [1.29, 1.82) is 0 Å². The molecule has 1 aromatic carbocycles. The quantitative estimate of drug-likeness (QED) is 0.859. The van der Waals surface area contributed by atoms with Gasteiger partial charge in [-0.15, -0.1) is 0 Å². The van der Waals surface area contributed by atoms with E-state index >= 15 is 0 Å². The van der Waals surface area contributed by atoms with Gasteiger partial charge in [-0.1, -0.05) is 11.6 Å². The molecule has 3 rings (SSSR count). The van der Waals surface area contributed by atoms with E-state index in [2.05, 4.69) is 5.32 Å². The highest BCUT2D eigenvalue weighted by Crippen LogP contribution is 2.47. The van der Waals surface area contributed by atoms with Crippen molar-refractivity contribution in [3.63, 3.8) is 0 Å². The molecule has 2 aliphatic heterocycles. The highest BCUT2D eigenvalue weighted by Gasteiger charge is 2.45. The van der Waals surface area contributed by atoms with Gasteiger partial charge in [0.15, 0.2) is 0 Å². The average Bonchev–Trinajstić information content (AvgIpc) is 2.65. The number of halogens is 1. The van der Waals surface area contributed by atoms with E-state index in [1.165, 1.54) is 10.6 Å². The fourth-order valence-electron chi connectivity index (χ4n) is 3.22. The van der Waals surface area contributed by atoms with Crippen LogP contribution in [0.25, 0.3) is 0 Å². The molecule has 1 fully saturated rings. The molecule has 1 saturated heterocycles. The van der Waals surface area contributed by atoms with Gasteiger partial charge < -0.3 is 5.32 Å². The Balaban J connectivity index is 2.15. The molecule has 1 aromatic rings. The van der Waals surface area contributed by atoms with Crippen molar-refractivity contribution >= 4 is 27.3 Å². The maximum atomic E-state index is 12.0. The molecule has 0 amide bonds. The third-order valence-corrected chi connectivity index (χ3v) is 5.57. The van der Waals surface area contributed by atoms with E-state index < -0.39 is 10.0 Å². The number of fused-ring (bicyclic) bond motifs is 2. The fourth-order valence-corrected chi connectivity index (χ4v) is 4.39. The predicted molar refractivity (Wildman–Crippen MR) is 77.4 cm³/mol. The Morgan fingerprint density at radius 3 is 2.63 bits per heavy atom. The van der Waals surface area contributed by atoms with Crippen LogP contribution in [0.1, 0.15) is 18.4 Å². The summed E-state index contributed by atoms with van der Waals surface area (Å²) < 4.78 is 25.5.